The van der Waals surface area contributed by atoms with Crippen molar-refractivity contribution in [3.05, 3.63) is 76.3 Å². The highest BCUT2D eigenvalue weighted by Crippen LogP contribution is 2.17. The Morgan fingerprint density at radius 3 is 2.64 bits per heavy atom. The van der Waals surface area contributed by atoms with Crippen LogP contribution in [0.5, 0.6) is 0 Å². The Balaban J connectivity index is 1.49. The minimum atomic E-state index is -0.356. The van der Waals surface area contributed by atoms with E-state index in [1.165, 1.54) is 15.5 Å². The summed E-state index contributed by atoms with van der Waals surface area (Å²) >= 11 is 0. The molecule has 7 heteroatoms. The first kappa shape index (κ1) is 18.2. The Labute approximate surface area is 162 Å². The summed E-state index contributed by atoms with van der Waals surface area (Å²) in [7, 11) is 1.69. The molecular formula is C21H22N4O3. The topological polar surface area (TPSA) is 67.2 Å². The summed E-state index contributed by atoms with van der Waals surface area (Å²) in [4.78, 5) is 33.4. The van der Waals surface area contributed by atoms with Crippen LogP contribution in [-0.4, -0.2) is 53.5 Å². The van der Waals surface area contributed by atoms with Crippen LogP contribution in [0.25, 0.3) is 5.65 Å². The van der Waals surface area contributed by atoms with Crippen molar-refractivity contribution in [2.45, 2.75) is 6.54 Å². The van der Waals surface area contributed by atoms with Crippen LogP contribution in [0.3, 0.4) is 0 Å². The van der Waals surface area contributed by atoms with E-state index in [0.717, 1.165) is 37.6 Å². The number of anilines is 1. The largest absolute Gasteiger partial charge is 0.378 e. The van der Waals surface area contributed by atoms with E-state index in [-0.39, 0.29) is 17.0 Å². The smallest absolute Gasteiger partial charge is 0.270 e. The summed E-state index contributed by atoms with van der Waals surface area (Å²) in [5.74, 6) is -0.340. The van der Waals surface area contributed by atoms with Crippen LogP contribution in [0.2, 0.25) is 0 Å². The maximum absolute atomic E-state index is 12.8. The van der Waals surface area contributed by atoms with Crippen LogP contribution in [0.4, 0.5) is 5.69 Å². The second-order valence-corrected chi connectivity index (χ2v) is 6.83. The van der Waals surface area contributed by atoms with Gasteiger partial charge in [0.05, 0.1) is 13.2 Å². The van der Waals surface area contributed by atoms with E-state index in [4.69, 9.17) is 4.74 Å². The Bertz CT molecular complexity index is 1040. The van der Waals surface area contributed by atoms with E-state index in [1.807, 2.05) is 12.1 Å². The second kappa shape index (κ2) is 7.82. The average Bonchev–Trinajstić information content (AvgIpc) is 2.75. The number of ether oxygens (including phenoxy) is 1. The molecule has 1 aromatic carbocycles. The maximum Gasteiger partial charge on any atom is 0.270 e. The predicted molar refractivity (Wildman–Crippen MR) is 107 cm³/mol. The summed E-state index contributed by atoms with van der Waals surface area (Å²) in [6.45, 7) is 3.68. The molecule has 0 unspecified atom stereocenters. The van der Waals surface area contributed by atoms with Gasteiger partial charge in [0, 0.05) is 44.8 Å². The van der Waals surface area contributed by atoms with Gasteiger partial charge in [0.2, 0.25) is 0 Å². The fourth-order valence-corrected chi connectivity index (χ4v) is 3.36. The van der Waals surface area contributed by atoms with Gasteiger partial charge in [-0.2, -0.15) is 0 Å². The van der Waals surface area contributed by atoms with Crippen molar-refractivity contribution < 1.29 is 9.53 Å². The molecule has 1 saturated heterocycles. The number of morpholine rings is 1. The highest BCUT2D eigenvalue weighted by molar-refractivity contribution is 5.93. The van der Waals surface area contributed by atoms with Crippen LogP contribution in [0.1, 0.15) is 15.9 Å². The number of carbonyl (C=O) groups excluding carboxylic acids is 1. The van der Waals surface area contributed by atoms with Crippen molar-refractivity contribution in [1.29, 1.82) is 0 Å². The fraction of sp³-hybridized carbons (Fsp3) is 0.286. The maximum atomic E-state index is 12.8. The predicted octanol–water partition coefficient (Wildman–Crippen LogP) is 1.80. The first-order valence-electron chi connectivity index (χ1n) is 9.27. The van der Waals surface area contributed by atoms with Gasteiger partial charge in [0.15, 0.2) is 0 Å². The molecule has 0 aliphatic carbocycles. The number of hydrogen-bond acceptors (Lipinski definition) is 5. The SMILES string of the molecule is CN(Cc1ccc(N2CCOCC2)cc1)C(=O)c1cnc2ccccn2c1=O. The number of amides is 1. The zero-order valence-electron chi connectivity index (χ0n) is 15.7. The number of aromatic nitrogens is 2. The Hall–Kier alpha value is -3.19. The second-order valence-electron chi connectivity index (χ2n) is 6.83. The standard InChI is InChI=1S/C21H22N4O3/c1-23(15-16-5-7-17(8-6-16)24-10-12-28-13-11-24)20(26)18-14-22-19-4-2-3-9-25(19)21(18)27/h2-9,14H,10-13,15H2,1H3. The molecule has 0 saturated carbocycles. The van der Waals surface area contributed by atoms with Gasteiger partial charge in [0.1, 0.15) is 11.2 Å². The lowest BCUT2D eigenvalue weighted by molar-refractivity contribution is 0.0782. The Morgan fingerprint density at radius 2 is 1.89 bits per heavy atom. The van der Waals surface area contributed by atoms with Gasteiger partial charge >= 0.3 is 0 Å². The van der Waals surface area contributed by atoms with E-state index in [9.17, 15) is 9.59 Å². The molecule has 1 amide bonds. The first-order chi connectivity index (χ1) is 13.6. The van der Waals surface area contributed by atoms with Crippen LogP contribution >= 0.6 is 0 Å². The van der Waals surface area contributed by atoms with Gasteiger partial charge in [-0.1, -0.05) is 18.2 Å². The zero-order chi connectivity index (χ0) is 19.5. The highest BCUT2D eigenvalue weighted by atomic mass is 16.5. The molecule has 144 valence electrons. The van der Waals surface area contributed by atoms with Gasteiger partial charge in [-0.3, -0.25) is 14.0 Å². The normalized spacial score (nSPS) is 14.2. The number of benzene rings is 1. The number of pyridine rings is 1. The molecule has 3 aromatic rings. The van der Waals surface area contributed by atoms with E-state index in [1.54, 1.807) is 31.4 Å². The molecule has 0 atom stereocenters. The molecule has 1 aliphatic rings. The van der Waals surface area contributed by atoms with Crippen molar-refractivity contribution in [2.24, 2.45) is 0 Å². The summed E-state index contributed by atoms with van der Waals surface area (Å²) in [5.41, 5.74) is 2.38. The van der Waals surface area contributed by atoms with Gasteiger partial charge in [-0.05, 0) is 29.8 Å². The Kier molecular flexibility index (Phi) is 5.08. The number of fused-ring (bicyclic) bond motifs is 1. The number of hydrogen-bond donors (Lipinski definition) is 0. The lowest BCUT2D eigenvalue weighted by Crippen LogP contribution is -2.36. The van der Waals surface area contributed by atoms with Gasteiger partial charge < -0.3 is 14.5 Å². The number of carbonyl (C=O) groups is 1. The van der Waals surface area contributed by atoms with E-state index in [0.29, 0.717) is 12.2 Å². The molecule has 3 heterocycles. The molecule has 28 heavy (non-hydrogen) atoms. The molecule has 1 fully saturated rings. The fourth-order valence-electron chi connectivity index (χ4n) is 3.36. The van der Waals surface area contributed by atoms with Crippen LogP contribution in [0.15, 0.2) is 59.7 Å². The molecule has 0 bridgehead atoms. The third-order valence-electron chi connectivity index (χ3n) is 4.92. The van der Waals surface area contributed by atoms with Crippen LogP contribution < -0.4 is 10.5 Å². The molecule has 0 spiro atoms. The van der Waals surface area contributed by atoms with Crippen LogP contribution in [0, 0.1) is 0 Å². The lowest BCUT2D eigenvalue weighted by atomic mass is 10.1. The minimum absolute atomic E-state index is 0.0659. The van der Waals surface area contributed by atoms with E-state index < -0.39 is 0 Å². The lowest BCUT2D eigenvalue weighted by Gasteiger charge is -2.29. The van der Waals surface area contributed by atoms with Crippen LogP contribution in [-0.2, 0) is 11.3 Å². The third-order valence-corrected chi connectivity index (χ3v) is 4.92. The van der Waals surface area contributed by atoms with Crippen molar-refractivity contribution >= 4 is 17.2 Å². The molecule has 0 radical (unpaired) electrons. The van der Waals surface area contributed by atoms with Crippen molar-refractivity contribution in [3.63, 3.8) is 0 Å². The first-order valence-corrected chi connectivity index (χ1v) is 9.27. The quantitative estimate of drug-likeness (QED) is 0.693. The van der Waals surface area contributed by atoms with Crippen molar-refractivity contribution in [3.8, 4) is 0 Å². The van der Waals surface area contributed by atoms with Gasteiger partial charge in [-0.25, -0.2) is 4.98 Å². The van der Waals surface area contributed by atoms with Gasteiger partial charge in [-0.15, -0.1) is 0 Å². The number of rotatable bonds is 4. The molecule has 1 aliphatic heterocycles. The van der Waals surface area contributed by atoms with E-state index >= 15 is 0 Å². The molecule has 7 nitrogen and oxygen atoms in total. The monoisotopic (exact) mass is 378 g/mol. The summed E-state index contributed by atoms with van der Waals surface area (Å²) in [5, 5.41) is 0. The van der Waals surface area contributed by atoms with Crippen molar-refractivity contribution in [1.82, 2.24) is 14.3 Å². The third kappa shape index (κ3) is 3.61. The molecule has 4 rings (SSSR count). The van der Waals surface area contributed by atoms with Crippen molar-refractivity contribution in [2.75, 3.05) is 38.3 Å². The van der Waals surface area contributed by atoms with Gasteiger partial charge in [0.25, 0.3) is 11.5 Å². The Morgan fingerprint density at radius 1 is 1.14 bits per heavy atom. The minimum Gasteiger partial charge on any atom is -0.378 e. The van der Waals surface area contributed by atoms with E-state index in [2.05, 4.69) is 22.0 Å². The number of nitrogens with zero attached hydrogens (tertiary/aromatic N) is 4. The summed E-state index contributed by atoms with van der Waals surface area (Å²) in [6.07, 6.45) is 2.98. The summed E-state index contributed by atoms with van der Waals surface area (Å²) < 4.78 is 6.77. The summed E-state index contributed by atoms with van der Waals surface area (Å²) in [6, 6.07) is 13.4. The molecule has 0 N–H and O–H groups in total. The average molecular weight is 378 g/mol. The molecule has 2 aromatic heterocycles. The molecular weight excluding hydrogens is 356 g/mol. The highest BCUT2D eigenvalue weighted by Gasteiger charge is 2.18. The zero-order valence-corrected chi connectivity index (χ0v) is 15.7.